The van der Waals surface area contributed by atoms with Crippen molar-refractivity contribution >= 4 is 23.4 Å². The molecule has 40 heavy (non-hydrogen) atoms. The van der Waals surface area contributed by atoms with E-state index in [1.807, 2.05) is 24.3 Å². The second kappa shape index (κ2) is 10.7. The van der Waals surface area contributed by atoms with Crippen molar-refractivity contribution in [3.63, 3.8) is 0 Å². The second-order valence-corrected chi connectivity index (χ2v) is 13.3. The van der Waals surface area contributed by atoms with E-state index in [1.54, 1.807) is 6.92 Å². The van der Waals surface area contributed by atoms with Gasteiger partial charge in [-0.15, -0.1) is 0 Å². The zero-order valence-corrected chi connectivity index (χ0v) is 23.8. The Labute approximate surface area is 236 Å². The molecule has 214 valence electrons. The summed E-state index contributed by atoms with van der Waals surface area (Å²) in [5.41, 5.74) is 2.13. The normalized spacial score (nSPS) is 21.9. The lowest BCUT2D eigenvalue weighted by Crippen LogP contribution is -2.50. The zero-order valence-electron chi connectivity index (χ0n) is 23.8. The molecule has 0 saturated heterocycles. The van der Waals surface area contributed by atoms with Gasteiger partial charge in [0.2, 0.25) is 11.8 Å². The van der Waals surface area contributed by atoms with Crippen LogP contribution in [0.4, 0.5) is 5.69 Å². The summed E-state index contributed by atoms with van der Waals surface area (Å²) in [7, 11) is 0. The van der Waals surface area contributed by atoms with Crippen molar-refractivity contribution in [2.45, 2.75) is 95.9 Å². The van der Waals surface area contributed by atoms with Crippen LogP contribution in [0.1, 0.15) is 99.2 Å². The molecule has 1 aromatic heterocycles. The number of hydrogen-bond acceptors (Lipinski definition) is 5. The van der Waals surface area contributed by atoms with Gasteiger partial charge in [-0.05, 0) is 99.2 Å². The minimum atomic E-state index is -0.654. The first kappa shape index (κ1) is 27.0. The molecule has 0 bridgehead atoms. The van der Waals surface area contributed by atoms with E-state index in [4.69, 9.17) is 4.52 Å². The largest absolute Gasteiger partial charge is 0.364 e. The monoisotopic (exact) mass is 546 g/mol. The molecular formula is C32H42N4O4. The molecule has 0 spiro atoms. The predicted octanol–water partition coefficient (Wildman–Crippen LogP) is 5.27. The van der Waals surface area contributed by atoms with Gasteiger partial charge in [0.25, 0.3) is 5.91 Å². The van der Waals surface area contributed by atoms with Crippen molar-refractivity contribution in [3.8, 4) is 0 Å². The Morgan fingerprint density at radius 3 is 2.30 bits per heavy atom. The van der Waals surface area contributed by atoms with Crippen LogP contribution >= 0.6 is 0 Å². The molecule has 6 rings (SSSR count). The van der Waals surface area contributed by atoms with Gasteiger partial charge in [0.05, 0.1) is 5.41 Å². The zero-order chi connectivity index (χ0) is 27.9. The molecule has 1 aromatic carbocycles. The molecule has 4 aliphatic carbocycles. The Balaban J connectivity index is 1.21. The van der Waals surface area contributed by atoms with E-state index in [0.29, 0.717) is 23.1 Å². The Morgan fingerprint density at radius 2 is 1.73 bits per heavy atom. The number of carbonyl (C=O) groups excluding carboxylic acids is 3. The predicted molar refractivity (Wildman–Crippen MR) is 152 cm³/mol. The minimum Gasteiger partial charge on any atom is -0.364 e. The number of benzene rings is 1. The molecule has 4 aliphatic rings. The summed E-state index contributed by atoms with van der Waals surface area (Å²) in [6, 6.07) is 7.14. The number of anilines is 1. The number of hydrogen-bond donors (Lipinski definition) is 3. The first-order valence-corrected chi connectivity index (χ1v) is 15.2. The maximum atomic E-state index is 13.9. The number of amides is 3. The number of aromatic nitrogens is 1. The summed E-state index contributed by atoms with van der Waals surface area (Å²) < 4.78 is 4.98. The van der Waals surface area contributed by atoms with E-state index >= 15 is 0 Å². The smallest absolute Gasteiger partial charge is 0.274 e. The lowest BCUT2D eigenvalue weighted by molar-refractivity contribution is -0.127. The summed E-state index contributed by atoms with van der Waals surface area (Å²) in [6.07, 6.45) is 13.0. The van der Waals surface area contributed by atoms with Crippen molar-refractivity contribution in [1.29, 1.82) is 0 Å². The highest BCUT2D eigenvalue weighted by molar-refractivity contribution is 6.01. The van der Waals surface area contributed by atoms with Gasteiger partial charge in [-0.3, -0.25) is 14.4 Å². The molecule has 4 fully saturated rings. The van der Waals surface area contributed by atoms with Gasteiger partial charge in [-0.1, -0.05) is 43.5 Å². The number of nitrogens with zero attached hydrogens (tertiary/aromatic N) is 1. The summed E-state index contributed by atoms with van der Waals surface area (Å²) in [5.74, 6) is 0.537. The fourth-order valence-corrected chi connectivity index (χ4v) is 7.10. The average molecular weight is 547 g/mol. The van der Waals surface area contributed by atoms with Gasteiger partial charge in [0.15, 0.2) is 5.69 Å². The second-order valence-electron chi connectivity index (χ2n) is 13.3. The first-order chi connectivity index (χ1) is 19.3. The van der Waals surface area contributed by atoms with E-state index in [1.165, 1.54) is 25.5 Å². The summed E-state index contributed by atoms with van der Waals surface area (Å²) in [5, 5.41) is 13.3. The molecule has 1 heterocycles. The molecule has 4 saturated carbocycles. The fraction of sp³-hybridized carbons (Fsp3) is 0.625. The third kappa shape index (κ3) is 5.41. The van der Waals surface area contributed by atoms with Crippen LogP contribution in [0.15, 0.2) is 35.1 Å². The molecule has 8 nitrogen and oxygen atoms in total. The van der Waals surface area contributed by atoms with Crippen LogP contribution in [0.5, 0.6) is 0 Å². The number of aryl methyl sites for hydroxylation is 1. The standard InChI is InChI=1S/C32H42N4O4/c1-20-18-40-36-26(20)28(37)35-27(25(21-9-10-21)22-11-12-22)29(38)34-24-8-5-7-23(17-24)32(15-3-4-16-32)30(39)33-19-31(2)13-6-14-31/h5,7-8,17-18,21-22,25,27H,3-4,6,9-16,19H2,1-2H3,(H,33,39)(H,34,38)(H,35,37)/t27-/m0/s1. The van der Waals surface area contributed by atoms with Crippen LogP contribution in [-0.4, -0.2) is 35.5 Å². The van der Waals surface area contributed by atoms with Gasteiger partial charge in [0.1, 0.15) is 12.3 Å². The highest BCUT2D eigenvalue weighted by atomic mass is 16.5. The quantitative estimate of drug-likeness (QED) is 0.355. The molecule has 1 atom stereocenters. The van der Waals surface area contributed by atoms with E-state index in [2.05, 4.69) is 28.0 Å². The molecule has 0 radical (unpaired) electrons. The van der Waals surface area contributed by atoms with Crippen LogP contribution in [0.25, 0.3) is 0 Å². The van der Waals surface area contributed by atoms with Crippen LogP contribution in [-0.2, 0) is 15.0 Å². The SMILES string of the molecule is Cc1conc1C(=O)N[C@H](C(=O)Nc1cccc(C2(C(=O)NCC3(C)CCC3)CCCC2)c1)C(C1CC1)C1CC1. The number of carbonyl (C=O) groups is 3. The highest BCUT2D eigenvalue weighted by Gasteiger charge is 2.49. The molecule has 0 aliphatic heterocycles. The Kier molecular flexibility index (Phi) is 7.21. The highest BCUT2D eigenvalue weighted by Crippen LogP contribution is 2.51. The van der Waals surface area contributed by atoms with Crippen LogP contribution in [0, 0.1) is 30.1 Å². The lowest BCUT2D eigenvalue weighted by Gasteiger charge is -2.39. The van der Waals surface area contributed by atoms with Gasteiger partial charge in [-0.2, -0.15) is 0 Å². The van der Waals surface area contributed by atoms with Crippen molar-refractivity contribution in [2.24, 2.45) is 23.2 Å². The summed E-state index contributed by atoms with van der Waals surface area (Å²) in [4.78, 5) is 40.6. The molecule has 8 heteroatoms. The summed E-state index contributed by atoms with van der Waals surface area (Å²) >= 11 is 0. The van der Waals surface area contributed by atoms with E-state index in [0.717, 1.165) is 63.5 Å². The summed E-state index contributed by atoms with van der Waals surface area (Å²) in [6.45, 7) is 4.75. The van der Waals surface area contributed by atoms with Gasteiger partial charge in [-0.25, -0.2) is 0 Å². The fourth-order valence-electron chi connectivity index (χ4n) is 7.10. The topological polar surface area (TPSA) is 113 Å². The third-order valence-corrected chi connectivity index (χ3v) is 10.1. The van der Waals surface area contributed by atoms with E-state index in [-0.39, 0.29) is 34.7 Å². The minimum absolute atomic E-state index is 0.109. The molecule has 0 unspecified atom stereocenters. The van der Waals surface area contributed by atoms with Crippen LogP contribution < -0.4 is 16.0 Å². The van der Waals surface area contributed by atoms with E-state index < -0.39 is 11.5 Å². The van der Waals surface area contributed by atoms with Gasteiger partial charge < -0.3 is 20.5 Å². The number of rotatable bonds is 11. The van der Waals surface area contributed by atoms with Gasteiger partial charge >= 0.3 is 0 Å². The van der Waals surface area contributed by atoms with Crippen molar-refractivity contribution in [1.82, 2.24) is 15.8 Å². The van der Waals surface area contributed by atoms with Crippen LogP contribution in [0.3, 0.4) is 0 Å². The molecular weight excluding hydrogens is 504 g/mol. The Hall–Kier alpha value is -3.16. The van der Waals surface area contributed by atoms with Crippen molar-refractivity contribution in [2.75, 3.05) is 11.9 Å². The third-order valence-electron chi connectivity index (χ3n) is 10.1. The Morgan fingerprint density at radius 1 is 1.02 bits per heavy atom. The lowest BCUT2D eigenvalue weighted by atomic mass is 9.70. The Bertz CT molecular complexity index is 1260. The van der Waals surface area contributed by atoms with Crippen molar-refractivity contribution in [3.05, 3.63) is 47.3 Å². The maximum Gasteiger partial charge on any atom is 0.274 e. The molecule has 2 aromatic rings. The van der Waals surface area contributed by atoms with Crippen LogP contribution in [0.2, 0.25) is 0 Å². The average Bonchev–Trinajstić information content (AvgIpc) is 3.85. The van der Waals surface area contributed by atoms with Crippen molar-refractivity contribution < 1.29 is 18.9 Å². The van der Waals surface area contributed by atoms with Gasteiger partial charge in [0, 0.05) is 17.8 Å². The first-order valence-electron chi connectivity index (χ1n) is 15.2. The molecule has 3 N–H and O–H groups in total. The maximum absolute atomic E-state index is 13.9. The van der Waals surface area contributed by atoms with E-state index in [9.17, 15) is 14.4 Å². The number of nitrogens with one attached hydrogen (secondary N) is 3. The molecule has 3 amide bonds.